The quantitative estimate of drug-likeness (QED) is 0.345. The molecule has 0 aliphatic heterocycles. The summed E-state index contributed by atoms with van der Waals surface area (Å²) in [6.45, 7) is 6.40. The smallest absolute Gasteiger partial charge is 0.160 e. The van der Waals surface area contributed by atoms with Gasteiger partial charge in [0.05, 0.1) is 9.75 Å². The van der Waals surface area contributed by atoms with E-state index in [2.05, 4.69) is 73.5 Å². The van der Waals surface area contributed by atoms with Crippen molar-refractivity contribution < 1.29 is 4.79 Å². The summed E-state index contributed by atoms with van der Waals surface area (Å²) >= 11 is 5.02. The van der Waals surface area contributed by atoms with E-state index in [-0.39, 0.29) is 0 Å². The van der Waals surface area contributed by atoms with E-state index >= 15 is 0 Å². The molecule has 29 heavy (non-hydrogen) atoms. The van der Waals surface area contributed by atoms with Crippen LogP contribution in [0.5, 0.6) is 0 Å². The summed E-state index contributed by atoms with van der Waals surface area (Å²) in [5, 5.41) is 0. The van der Waals surface area contributed by atoms with E-state index in [9.17, 15) is 4.79 Å². The van der Waals surface area contributed by atoms with Gasteiger partial charge in [0.25, 0.3) is 0 Å². The first-order chi connectivity index (χ1) is 14.0. The highest BCUT2D eigenvalue weighted by Crippen LogP contribution is 2.43. The topological polar surface area (TPSA) is 17.1 Å². The van der Waals surface area contributed by atoms with Crippen LogP contribution in [0.3, 0.4) is 0 Å². The number of thiophene rings is 3. The fraction of sp³-hybridized carbons (Fsp3) is 0.160. The molecule has 3 rings (SSSR count). The average molecular weight is 429 g/mol. The van der Waals surface area contributed by atoms with Crippen LogP contribution in [0.15, 0.2) is 24.3 Å². The maximum atomic E-state index is 11.1. The molecule has 0 saturated carbocycles. The maximum absolute atomic E-state index is 11.1. The summed E-state index contributed by atoms with van der Waals surface area (Å²) in [5.41, 5.74) is 2.10. The lowest BCUT2D eigenvalue weighted by Gasteiger charge is -1.97. The first-order valence-corrected chi connectivity index (χ1v) is 11.2. The summed E-state index contributed by atoms with van der Waals surface area (Å²) in [5.74, 6) is 19.1. The normalized spacial score (nSPS) is 9.48. The van der Waals surface area contributed by atoms with Crippen LogP contribution in [0.2, 0.25) is 0 Å². The Hall–Kier alpha value is -2.99. The van der Waals surface area contributed by atoms with Gasteiger partial charge in [-0.2, -0.15) is 0 Å². The monoisotopic (exact) mass is 428 g/mol. The molecular weight excluding hydrogens is 412 g/mol. The molecule has 1 nitrogen and oxygen atoms in total. The van der Waals surface area contributed by atoms with Crippen molar-refractivity contribution in [3.63, 3.8) is 0 Å². The summed E-state index contributed by atoms with van der Waals surface area (Å²) in [7, 11) is 0. The number of aryl methyl sites for hydroxylation is 1. The molecule has 0 fully saturated rings. The molecule has 0 aromatic carbocycles. The van der Waals surface area contributed by atoms with E-state index in [0.29, 0.717) is 5.92 Å². The number of hydrogen-bond donors (Lipinski definition) is 0. The molecule has 3 aromatic rings. The van der Waals surface area contributed by atoms with Crippen molar-refractivity contribution in [1.82, 2.24) is 0 Å². The highest BCUT2D eigenvalue weighted by atomic mass is 32.1. The summed E-state index contributed by atoms with van der Waals surface area (Å²) in [6, 6.07) is 8.33. The van der Waals surface area contributed by atoms with Gasteiger partial charge in [-0.05, 0) is 78.2 Å². The predicted octanol–water partition coefficient (Wildman–Crippen LogP) is 6.44. The van der Waals surface area contributed by atoms with Gasteiger partial charge in [-0.3, -0.25) is 4.79 Å². The average Bonchev–Trinajstić information content (AvgIpc) is 3.42. The lowest BCUT2D eigenvalue weighted by Crippen LogP contribution is -1.78. The van der Waals surface area contributed by atoms with Crippen LogP contribution in [0.1, 0.15) is 45.4 Å². The van der Waals surface area contributed by atoms with Gasteiger partial charge in [0.2, 0.25) is 0 Å². The van der Waals surface area contributed by atoms with Crippen LogP contribution in [-0.2, 0) is 0 Å². The van der Waals surface area contributed by atoms with E-state index in [0.717, 1.165) is 32.0 Å². The van der Waals surface area contributed by atoms with E-state index < -0.39 is 0 Å². The van der Waals surface area contributed by atoms with Gasteiger partial charge >= 0.3 is 0 Å². The van der Waals surface area contributed by atoms with E-state index in [1.165, 1.54) is 26.0 Å². The Morgan fingerprint density at radius 1 is 0.931 bits per heavy atom. The Kier molecular flexibility index (Phi) is 6.77. The minimum absolute atomic E-state index is 0.427. The predicted molar refractivity (Wildman–Crippen MR) is 126 cm³/mol. The van der Waals surface area contributed by atoms with Crippen molar-refractivity contribution in [2.24, 2.45) is 0 Å². The minimum atomic E-state index is 0.427. The molecule has 0 aliphatic carbocycles. The zero-order valence-electron chi connectivity index (χ0n) is 16.2. The minimum Gasteiger partial charge on any atom is -0.297 e. The Labute approximate surface area is 183 Å². The Bertz CT molecular complexity index is 1290. The van der Waals surface area contributed by atoms with Crippen molar-refractivity contribution >= 4 is 40.3 Å². The van der Waals surface area contributed by atoms with E-state index in [1.54, 1.807) is 22.7 Å². The van der Waals surface area contributed by atoms with Crippen LogP contribution in [0.25, 0.3) is 19.5 Å². The second-order valence-corrected chi connectivity index (χ2v) is 9.63. The van der Waals surface area contributed by atoms with E-state index in [4.69, 9.17) is 6.42 Å². The third-order valence-electron chi connectivity index (χ3n) is 3.95. The first-order valence-electron chi connectivity index (χ1n) is 8.80. The zero-order chi connectivity index (χ0) is 20.8. The van der Waals surface area contributed by atoms with Gasteiger partial charge in [-0.15, -0.1) is 40.4 Å². The summed E-state index contributed by atoms with van der Waals surface area (Å²) in [6.07, 6.45) is 5.98. The highest BCUT2D eigenvalue weighted by molar-refractivity contribution is 7.27. The molecule has 4 heteroatoms. The second kappa shape index (κ2) is 9.47. The molecule has 140 valence electrons. The molecule has 0 N–H and O–H groups in total. The van der Waals surface area contributed by atoms with Crippen molar-refractivity contribution in [1.29, 1.82) is 0 Å². The molecule has 0 spiro atoms. The molecule has 3 aromatic heterocycles. The molecule has 0 atom stereocenters. The molecule has 3 heterocycles. The third-order valence-corrected chi connectivity index (χ3v) is 7.99. The van der Waals surface area contributed by atoms with Crippen LogP contribution in [-0.4, -0.2) is 6.29 Å². The first kappa shape index (κ1) is 20.7. The molecule has 0 unspecified atom stereocenters. The molecule has 0 aliphatic rings. The Morgan fingerprint density at radius 2 is 1.62 bits per heavy atom. The maximum Gasteiger partial charge on any atom is 0.160 e. The van der Waals surface area contributed by atoms with Crippen LogP contribution >= 0.6 is 34.0 Å². The second-order valence-electron chi connectivity index (χ2n) is 6.38. The van der Waals surface area contributed by atoms with E-state index in [1.807, 2.05) is 13.0 Å². The molecule has 0 bridgehead atoms. The number of aldehydes is 1. The molecule has 0 saturated heterocycles. The van der Waals surface area contributed by atoms with Gasteiger partial charge in [0.1, 0.15) is 0 Å². The SMILES string of the molecule is C#CC#CC#CC#Cc1cc(C(C)C)sc1-c1ccc(-c2sc(C=O)cc2C)s1. The van der Waals surface area contributed by atoms with Crippen LogP contribution in [0, 0.1) is 54.8 Å². The van der Waals surface area contributed by atoms with Gasteiger partial charge in [0, 0.05) is 25.1 Å². The fourth-order valence-corrected chi connectivity index (χ4v) is 6.00. The fourth-order valence-electron chi connectivity index (χ4n) is 2.59. The molecule has 0 amide bonds. The van der Waals surface area contributed by atoms with Crippen molar-refractivity contribution in [2.45, 2.75) is 26.7 Å². The number of carbonyl (C=O) groups is 1. The van der Waals surface area contributed by atoms with Gasteiger partial charge < -0.3 is 0 Å². The third kappa shape index (κ3) is 4.90. The highest BCUT2D eigenvalue weighted by Gasteiger charge is 2.16. The Balaban J connectivity index is 2.00. The number of hydrogen-bond acceptors (Lipinski definition) is 4. The lowest BCUT2D eigenvalue weighted by atomic mass is 10.1. The summed E-state index contributed by atoms with van der Waals surface area (Å²) < 4.78 is 0. The van der Waals surface area contributed by atoms with Crippen molar-refractivity contribution in [2.75, 3.05) is 0 Å². The summed E-state index contributed by atoms with van der Waals surface area (Å²) in [4.78, 5) is 17.8. The molecular formula is C25H16OS3. The Morgan fingerprint density at radius 3 is 2.28 bits per heavy atom. The molecule has 0 radical (unpaired) electrons. The van der Waals surface area contributed by atoms with Gasteiger partial charge in [-0.25, -0.2) is 0 Å². The number of rotatable bonds is 4. The van der Waals surface area contributed by atoms with Crippen LogP contribution < -0.4 is 0 Å². The zero-order valence-corrected chi connectivity index (χ0v) is 18.6. The van der Waals surface area contributed by atoms with Gasteiger partial charge in [-0.1, -0.05) is 19.8 Å². The lowest BCUT2D eigenvalue weighted by molar-refractivity contribution is 0.112. The van der Waals surface area contributed by atoms with Crippen molar-refractivity contribution in [3.05, 3.63) is 45.1 Å². The largest absolute Gasteiger partial charge is 0.297 e. The number of carbonyl (C=O) groups excluding carboxylic acids is 1. The number of terminal acetylenes is 1. The van der Waals surface area contributed by atoms with Crippen LogP contribution in [0.4, 0.5) is 0 Å². The standard InChI is InChI=1S/C25H16OS3/c1-5-6-7-8-9-10-11-19-15-23(17(2)3)29-25(19)22-13-12-21(28-22)24-18(4)14-20(16-26)27-24/h1,12-17H,2-4H3. The van der Waals surface area contributed by atoms with Crippen molar-refractivity contribution in [3.8, 4) is 67.4 Å². The van der Waals surface area contributed by atoms with Gasteiger partial charge in [0.15, 0.2) is 6.29 Å².